The molecular weight excluding hydrogens is 495 g/mol. The smallest absolute Gasteiger partial charge is 0.211 e. The first kappa shape index (κ1) is 24.8. The Hall–Kier alpha value is -3.87. The lowest BCUT2D eigenvalue weighted by atomic mass is 9.93. The van der Waals surface area contributed by atoms with Crippen LogP contribution in [-0.2, 0) is 0 Å². The molecule has 190 valence electrons. The molecule has 2 aromatic heterocycles. The summed E-state index contributed by atoms with van der Waals surface area (Å²) in [5.41, 5.74) is 9.37. The van der Waals surface area contributed by atoms with Crippen LogP contribution >= 0.6 is 12.4 Å². The molecule has 2 bridgehead atoms. The minimum absolute atomic E-state index is 0. The second-order valence-corrected chi connectivity index (χ2v) is 9.53. The number of phenolic OH excluding ortho intramolecular Hbond substituents is 1. The fraction of sp³-hybridized carbons (Fsp3) is 0.296. The molecule has 10 heteroatoms. The van der Waals surface area contributed by atoms with Crippen LogP contribution in [0.15, 0.2) is 48.8 Å². The van der Waals surface area contributed by atoms with Crippen molar-refractivity contribution < 1.29 is 14.2 Å². The highest BCUT2D eigenvalue weighted by molar-refractivity contribution is 5.91. The molecule has 37 heavy (non-hydrogen) atoms. The van der Waals surface area contributed by atoms with Gasteiger partial charge in [-0.05, 0) is 54.5 Å². The number of benzene rings is 2. The van der Waals surface area contributed by atoms with Crippen LogP contribution < -0.4 is 15.4 Å². The zero-order chi connectivity index (χ0) is 25.0. The van der Waals surface area contributed by atoms with Gasteiger partial charge in [-0.2, -0.15) is 5.26 Å². The van der Waals surface area contributed by atoms with E-state index in [0.29, 0.717) is 51.6 Å². The van der Waals surface area contributed by atoms with Crippen molar-refractivity contribution in [2.45, 2.75) is 18.9 Å². The number of hydrogen-bond acceptors (Lipinski definition) is 7. The van der Waals surface area contributed by atoms with Crippen molar-refractivity contribution in [3.05, 3.63) is 60.2 Å². The summed E-state index contributed by atoms with van der Waals surface area (Å²) >= 11 is 0. The van der Waals surface area contributed by atoms with Crippen LogP contribution in [0, 0.1) is 29.0 Å². The Bertz CT molecular complexity index is 1520. The first-order valence-corrected chi connectivity index (χ1v) is 11.9. The molecular formula is C27H26ClFN6O2. The van der Waals surface area contributed by atoms with E-state index >= 15 is 0 Å². The number of aromatic nitrogens is 3. The lowest BCUT2D eigenvalue weighted by Gasteiger charge is -2.37. The van der Waals surface area contributed by atoms with Gasteiger partial charge >= 0.3 is 0 Å². The summed E-state index contributed by atoms with van der Waals surface area (Å²) in [7, 11) is 1.49. The summed E-state index contributed by atoms with van der Waals surface area (Å²) in [5, 5.41) is 19.7. The largest absolute Gasteiger partial charge is 0.504 e. The number of aromatic hydroxyl groups is 1. The maximum atomic E-state index is 14.7. The molecule has 3 N–H and O–H groups in total. The fourth-order valence-corrected chi connectivity index (χ4v) is 5.69. The van der Waals surface area contributed by atoms with E-state index in [0.717, 1.165) is 25.9 Å². The molecule has 2 aromatic carbocycles. The van der Waals surface area contributed by atoms with Crippen LogP contribution in [0.2, 0.25) is 0 Å². The number of nitriles is 1. The van der Waals surface area contributed by atoms with Crippen molar-refractivity contribution in [1.29, 1.82) is 5.26 Å². The van der Waals surface area contributed by atoms with Crippen LogP contribution in [0.5, 0.6) is 11.5 Å². The van der Waals surface area contributed by atoms with E-state index in [-0.39, 0.29) is 29.8 Å². The van der Waals surface area contributed by atoms with Gasteiger partial charge in [0.05, 0.1) is 23.9 Å². The molecule has 0 amide bonds. The number of ether oxygens (including phenoxy) is 1. The second kappa shape index (κ2) is 9.54. The number of hydrogen-bond donors (Lipinski definition) is 2. The summed E-state index contributed by atoms with van der Waals surface area (Å²) < 4.78 is 21.9. The number of halogens is 2. The maximum Gasteiger partial charge on any atom is 0.211 e. The number of methoxy groups -OCH3 is 1. The summed E-state index contributed by atoms with van der Waals surface area (Å²) in [6.45, 7) is 1.59. The molecule has 0 radical (unpaired) electrons. The molecule has 6 rings (SSSR count). The highest BCUT2D eigenvalue weighted by Gasteiger charge is 2.41. The highest BCUT2D eigenvalue weighted by Crippen LogP contribution is 2.42. The van der Waals surface area contributed by atoms with Crippen LogP contribution in [0.1, 0.15) is 18.4 Å². The van der Waals surface area contributed by atoms with E-state index in [1.165, 1.54) is 19.2 Å². The van der Waals surface area contributed by atoms with Crippen molar-refractivity contribution in [2.24, 2.45) is 17.6 Å². The van der Waals surface area contributed by atoms with Gasteiger partial charge in [-0.25, -0.2) is 14.4 Å². The van der Waals surface area contributed by atoms with Crippen LogP contribution in [0.4, 0.5) is 10.3 Å². The number of nitrogens with zero attached hydrogens (tertiary/aromatic N) is 5. The van der Waals surface area contributed by atoms with Gasteiger partial charge in [0, 0.05) is 37.1 Å². The first-order valence-electron chi connectivity index (χ1n) is 11.9. The van der Waals surface area contributed by atoms with Gasteiger partial charge in [0.15, 0.2) is 11.5 Å². The van der Waals surface area contributed by atoms with E-state index in [4.69, 9.17) is 15.5 Å². The molecule has 0 spiro atoms. The predicted molar refractivity (Wildman–Crippen MR) is 140 cm³/mol. The average Bonchev–Trinajstić information content (AvgIpc) is 3.43. The van der Waals surface area contributed by atoms with E-state index in [2.05, 4.69) is 9.88 Å². The zero-order valence-electron chi connectivity index (χ0n) is 20.1. The molecule has 1 saturated heterocycles. The van der Waals surface area contributed by atoms with Gasteiger partial charge in [-0.15, -0.1) is 12.4 Å². The Balaban J connectivity index is 0.00000280. The monoisotopic (exact) mass is 520 g/mol. The standard InChI is InChI=1S/C27H25FN6O2.ClH/c1-36-22-7-6-15(11-21(22)35)23-25(16-2-3-17(12-29)20(28)10-16)32-27(34-9-8-31-26(23)34)33-13-18-4-5-19(14-33)24(18)30;/h2-3,6-11,18-19,24,35H,4-5,13-14,30H2,1H3;1H. The number of nitrogens with two attached hydrogens (primary N) is 1. The number of rotatable bonds is 4. The van der Waals surface area contributed by atoms with Crippen LogP contribution in [0.25, 0.3) is 28.0 Å². The third-order valence-corrected chi connectivity index (χ3v) is 7.55. The topological polar surface area (TPSA) is 113 Å². The Morgan fingerprint density at radius 2 is 1.86 bits per heavy atom. The Labute approximate surface area is 219 Å². The Morgan fingerprint density at radius 3 is 2.51 bits per heavy atom. The molecule has 1 aliphatic heterocycles. The molecule has 8 nitrogen and oxygen atoms in total. The van der Waals surface area contributed by atoms with Crippen molar-refractivity contribution >= 4 is 24.0 Å². The Morgan fingerprint density at radius 1 is 1.14 bits per heavy atom. The molecule has 2 unspecified atom stereocenters. The van der Waals surface area contributed by atoms with Crippen LogP contribution in [-0.4, -0.2) is 45.7 Å². The van der Waals surface area contributed by atoms with Gasteiger partial charge in [0.25, 0.3) is 0 Å². The van der Waals surface area contributed by atoms with Crippen molar-refractivity contribution in [3.63, 3.8) is 0 Å². The van der Waals surface area contributed by atoms with Crippen molar-refractivity contribution in [2.75, 3.05) is 25.1 Å². The molecule has 4 aromatic rings. The SMILES string of the molecule is COc1ccc(-c2c(-c3ccc(C#N)c(F)c3)nc(N3CC4CCC(C3)C4N)n3ccnc23)cc1O.Cl. The second-order valence-electron chi connectivity index (χ2n) is 9.53. The van der Waals surface area contributed by atoms with E-state index in [1.807, 2.05) is 22.7 Å². The molecule has 1 saturated carbocycles. The highest BCUT2D eigenvalue weighted by atomic mass is 35.5. The van der Waals surface area contributed by atoms with Crippen LogP contribution in [0.3, 0.4) is 0 Å². The lowest BCUT2D eigenvalue weighted by molar-refractivity contribution is 0.353. The molecule has 2 fully saturated rings. The summed E-state index contributed by atoms with van der Waals surface area (Å²) in [5.74, 6) is 1.21. The van der Waals surface area contributed by atoms with E-state index in [9.17, 15) is 14.8 Å². The third-order valence-electron chi connectivity index (χ3n) is 7.55. The zero-order valence-corrected chi connectivity index (χ0v) is 21.0. The number of phenols is 1. The van der Waals surface area contributed by atoms with Gasteiger partial charge in [0.1, 0.15) is 17.5 Å². The van der Waals surface area contributed by atoms with Gasteiger partial charge in [-0.1, -0.05) is 12.1 Å². The number of imidazole rings is 1. The van der Waals surface area contributed by atoms with Gasteiger partial charge in [0.2, 0.25) is 5.95 Å². The third kappa shape index (κ3) is 4.02. The lowest BCUT2D eigenvalue weighted by Crippen LogP contribution is -2.49. The minimum Gasteiger partial charge on any atom is -0.504 e. The van der Waals surface area contributed by atoms with Crippen molar-refractivity contribution in [1.82, 2.24) is 14.4 Å². The normalized spacial score (nSPS) is 20.5. The minimum atomic E-state index is -0.618. The van der Waals surface area contributed by atoms with E-state index in [1.54, 1.807) is 24.4 Å². The summed E-state index contributed by atoms with van der Waals surface area (Å²) in [4.78, 5) is 12.0. The molecule has 2 aliphatic rings. The molecule has 3 heterocycles. The number of piperidine rings is 1. The molecule has 1 aliphatic carbocycles. The molecule has 2 atom stereocenters. The van der Waals surface area contributed by atoms with Crippen molar-refractivity contribution in [3.8, 4) is 40.0 Å². The summed E-state index contributed by atoms with van der Waals surface area (Å²) in [6.07, 6.45) is 5.78. The Kier molecular flexibility index (Phi) is 6.40. The summed E-state index contributed by atoms with van der Waals surface area (Å²) in [6, 6.07) is 11.6. The average molecular weight is 521 g/mol. The first-order chi connectivity index (χ1) is 17.5. The maximum absolute atomic E-state index is 14.7. The van der Waals surface area contributed by atoms with Gasteiger partial charge in [-0.3, -0.25) is 4.40 Å². The quantitative estimate of drug-likeness (QED) is 0.410. The fourth-order valence-electron chi connectivity index (χ4n) is 5.69. The predicted octanol–water partition coefficient (Wildman–Crippen LogP) is 4.38. The van der Waals surface area contributed by atoms with E-state index < -0.39 is 5.82 Å². The number of fused-ring (bicyclic) bond motifs is 3. The number of anilines is 1. The van der Waals surface area contributed by atoms with Gasteiger partial charge < -0.3 is 20.5 Å².